The van der Waals surface area contributed by atoms with Gasteiger partial charge in [0.1, 0.15) is 5.75 Å². The Kier molecular flexibility index (Phi) is 6.77. The van der Waals surface area contributed by atoms with Crippen LogP contribution in [0.3, 0.4) is 0 Å². The molecule has 0 radical (unpaired) electrons. The summed E-state index contributed by atoms with van der Waals surface area (Å²) in [5.74, 6) is 0.669. The summed E-state index contributed by atoms with van der Waals surface area (Å²) in [6.45, 7) is 11.8. The highest BCUT2D eigenvalue weighted by Gasteiger charge is 2.33. The minimum absolute atomic E-state index is 0.181. The first kappa shape index (κ1) is 22.6. The second-order valence-corrected chi connectivity index (χ2v) is 12.1. The van der Waals surface area contributed by atoms with Crippen LogP contribution in [0.25, 0.3) is 11.0 Å². The molecular formula is C22H34N2O5Si. The highest BCUT2D eigenvalue weighted by atomic mass is 28.3. The summed E-state index contributed by atoms with van der Waals surface area (Å²) >= 11 is 0. The lowest BCUT2D eigenvalue weighted by molar-refractivity contribution is 0.0843. The first-order valence-electron chi connectivity index (χ1n) is 10.8. The molecule has 1 saturated heterocycles. The molecule has 1 aromatic heterocycles. The van der Waals surface area contributed by atoms with E-state index in [4.69, 9.17) is 14.1 Å². The molecule has 0 bridgehead atoms. The molecule has 0 saturated carbocycles. The Bertz CT molecular complexity index is 882. The Morgan fingerprint density at radius 1 is 1.33 bits per heavy atom. The third-order valence-corrected chi connectivity index (χ3v) is 6.68. The molecule has 7 nitrogen and oxygen atoms in total. The smallest absolute Gasteiger partial charge is 0.407 e. The normalized spacial score (nSPS) is 17.1. The second kappa shape index (κ2) is 8.97. The van der Waals surface area contributed by atoms with Crippen molar-refractivity contribution in [1.82, 2.24) is 10.1 Å². The number of phenolic OH excluding ortho intramolecular Hbond substituents is 1. The van der Waals surface area contributed by atoms with Gasteiger partial charge in [-0.1, -0.05) is 25.9 Å². The van der Waals surface area contributed by atoms with Gasteiger partial charge < -0.3 is 24.1 Å². The number of phenols is 1. The van der Waals surface area contributed by atoms with Gasteiger partial charge in [0.25, 0.3) is 0 Å². The van der Waals surface area contributed by atoms with Gasteiger partial charge in [-0.2, -0.15) is 0 Å². The van der Waals surface area contributed by atoms with Crippen LogP contribution in [-0.4, -0.2) is 48.5 Å². The Balaban J connectivity index is 1.81. The van der Waals surface area contributed by atoms with E-state index in [9.17, 15) is 9.90 Å². The number of benzene rings is 1. The maximum atomic E-state index is 11.1. The van der Waals surface area contributed by atoms with E-state index >= 15 is 0 Å². The summed E-state index contributed by atoms with van der Waals surface area (Å²) in [4.78, 5) is 12.6. The van der Waals surface area contributed by atoms with Crippen LogP contribution in [-0.2, 0) is 10.8 Å². The number of aromatic hydroxyl groups is 1. The SMILES string of the molecule is C[SiH](C)OC(c1c(O)ccc2c(CCC3CCN(C(=O)O)CC3)noc12)C(C)(C)C. The number of nitrogens with zero attached hydrogens (tertiary/aromatic N) is 2. The fourth-order valence-corrected chi connectivity index (χ4v) is 5.32. The number of hydrogen-bond acceptors (Lipinski definition) is 5. The van der Waals surface area contributed by atoms with E-state index in [1.165, 1.54) is 4.90 Å². The lowest BCUT2D eigenvalue weighted by Crippen LogP contribution is -2.37. The van der Waals surface area contributed by atoms with Crippen LogP contribution in [0.5, 0.6) is 5.75 Å². The van der Waals surface area contributed by atoms with Crippen LogP contribution in [0.1, 0.15) is 57.4 Å². The maximum absolute atomic E-state index is 11.1. The number of amides is 1. The minimum atomic E-state index is -1.36. The molecule has 1 aromatic carbocycles. The number of aromatic nitrogens is 1. The van der Waals surface area contributed by atoms with Crippen molar-refractivity contribution in [2.45, 2.75) is 65.7 Å². The number of fused-ring (bicyclic) bond motifs is 1. The Morgan fingerprint density at radius 3 is 2.57 bits per heavy atom. The lowest BCUT2D eigenvalue weighted by atomic mass is 9.83. The number of aryl methyl sites for hydroxylation is 1. The molecule has 8 heteroatoms. The molecule has 0 aliphatic carbocycles. The number of rotatable bonds is 6. The summed E-state index contributed by atoms with van der Waals surface area (Å²) in [5, 5.41) is 25.0. The molecule has 1 fully saturated rings. The van der Waals surface area contributed by atoms with Gasteiger partial charge in [-0.25, -0.2) is 4.79 Å². The lowest BCUT2D eigenvalue weighted by Gasteiger charge is -2.33. The zero-order valence-electron chi connectivity index (χ0n) is 18.6. The predicted octanol–water partition coefficient (Wildman–Crippen LogP) is 4.94. The first-order chi connectivity index (χ1) is 14.1. The quantitative estimate of drug-likeness (QED) is 0.625. The molecule has 1 unspecified atom stereocenters. The Labute approximate surface area is 179 Å². The molecule has 2 aromatic rings. The zero-order valence-corrected chi connectivity index (χ0v) is 19.8. The van der Waals surface area contributed by atoms with E-state index in [0.717, 1.165) is 36.8 Å². The molecule has 166 valence electrons. The minimum Gasteiger partial charge on any atom is -0.507 e. The molecule has 1 amide bonds. The third-order valence-electron chi connectivity index (χ3n) is 5.86. The second-order valence-electron chi connectivity index (χ2n) is 9.69. The van der Waals surface area contributed by atoms with E-state index in [2.05, 4.69) is 39.0 Å². The molecule has 0 spiro atoms. The molecule has 1 atom stereocenters. The van der Waals surface area contributed by atoms with E-state index in [-0.39, 0.29) is 17.3 Å². The van der Waals surface area contributed by atoms with Gasteiger partial charge in [0.15, 0.2) is 14.6 Å². The van der Waals surface area contributed by atoms with Crippen molar-refractivity contribution < 1.29 is 24.0 Å². The van der Waals surface area contributed by atoms with Gasteiger partial charge in [-0.05, 0) is 62.2 Å². The average Bonchev–Trinajstić information content (AvgIpc) is 3.07. The number of piperidine rings is 1. The van der Waals surface area contributed by atoms with Crippen molar-refractivity contribution in [2.24, 2.45) is 11.3 Å². The molecule has 2 heterocycles. The number of likely N-dealkylation sites (tertiary alicyclic amines) is 1. The standard InChI is InChI=1S/C22H34N2O5Si/c1-22(2,3)20(29-30(4)5)18-17(25)9-7-15-16(23-28-19(15)18)8-6-14-10-12-24(13-11-14)21(26)27/h7,9,14,20,25,30H,6,8,10-13H2,1-5H3,(H,26,27). The number of carboxylic acid groups (broad SMARTS) is 1. The van der Waals surface area contributed by atoms with Crippen LogP contribution in [0.4, 0.5) is 4.79 Å². The molecule has 3 rings (SSSR count). The van der Waals surface area contributed by atoms with Gasteiger partial charge >= 0.3 is 6.09 Å². The van der Waals surface area contributed by atoms with Crippen molar-refractivity contribution in [1.29, 1.82) is 0 Å². The fourth-order valence-electron chi connectivity index (χ4n) is 4.23. The van der Waals surface area contributed by atoms with Crippen LogP contribution in [0, 0.1) is 11.3 Å². The van der Waals surface area contributed by atoms with Crippen molar-refractivity contribution in [2.75, 3.05) is 13.1 Å². The van der Waals surface area contributed by atoms with Gasteiger partial charge in [-0.15, -0.1) is 0 Å². The van der Waals surface area contributed by atoms with E-state index < -0.39 is 15.1 Å². The van der Waals surface area contributed by atoms with E-state index in [0.29, 0.717) is 30.2 Å². The maximum Gasteiger partial charge on any atom is 0.407 e. The van der Waals surface area contributed by atoms with Crippen molar-refractivity contribution >= 4 is 26.1 Å². The topological polar surface area (TPSA) is 96.0 Å². The monoisotopic (exact) mass is 434 g/mol. The first-order valence-corrected chi connectivity index (χ1v) is 13.6. The van der Waals surface area contributed by atoms with E-state index in [1.807, 2.05) is 6.07 Å². The van der Waals surface area contributed by atoms with Crippen LogP contribution in [0.15, 0.2) is 16.7 Å². The fraction of sp³-hybridized carbons (Fsp3) is 0.636. The van der Waals surface area contributed by atoms with Crippen LogP contribution in [0.2, 0.25) is 13.1 Å². The van der Waals surface area contributed by atoms with Crippen LogP contribution < -0.4 is 0 Å². The largest absolute Gasteiger partial charge is 0.507 e. The van der Waals surface area contributed by atoms with Crippen LogP contribution >= 0.6 is 0 Å². The molecular weight excluding hydrogens is 400 g/mol. The summed E-state index contributed by atoms with van der Waals surface area (Å²) in [5.41, 5.74) is 1.99. The molecule has 30 heavy (non-hydrogen) atoms. The van der Waals surface area contributed by atoms with Gasteiger partial charge in [0.2, 0.25) is 0 Å². The third kappa shape index (κ3) is 4.98. The van der Waals surface area contributed by atoms with Gasteiger partial charge in [-0.3, -0.25) is 0 Å². The van der Waals surface area contributed by atoms with Gasteiger partial charge in [0, 0.05) is 18.5 Å². The summed E-state index contributed by atoms with van der Waals surface area (Å²) in [7, 11) is -1.36. The zero-order chi connectivity index (χ0) is 22.1. The highest BCUT2D eigenvalue weighted by molar-refractivity contribution is 6.48. The molecule has 2 N–H and O–H groups in total. The van der Waals surface area contributed by atoms with Gasteiger partial charge in [0.05, 0.1) is 17.4 Å². The number of hydrogen-bond donors (Lipinski definition) is 2. The Hall–Kier alpha value is -2.06. The van der Waals surface area contributed by atoms with Crippen molar-refractivity contribution in [3.63, 3.8) is 0 Å². The molecule has 1 aliphatic rings. The summed E-state index contributed by atoms with van der Waals surface area (Å²) < 4.78 is 12.1. The summed E-state index contributed by atoms with van der Waals surface area (Å²) in [6.07, 6.45) is 2.38. The van der Waals surface area contributed by atoms with Crippen molar-refractivity contribution in [3.8, 4) is 5.75 Å². The summed E-state index contributed by atoms with van der Waals surface area (Å²) in [6, 6.07) is 3.59. The van der Waals surface area contributed by atoms with Crippen molar-refractivity contribution in [3.05, 3.63) is 23.4 Å². The van der Waals surface area contributed by atoms with E-state index in [1.54, 1.807) is 6.07 Å². The Morgan fingerprint density at radius 2 is 2.00 bits per heavy atom. The predicted molar refractivity (Wildman–Crippen MR) is 118 cm³/mol. The molecule has 1 aliphatic heterocycles. The highest BCUT2D eigenvalue weighted by Crippen LogP contribution is 2.44. The average molecular weight is 435 g/mol. The number of carbonyl (C=O) groups is 1.